The Morgan fingerprint density at radius 2 is 1.82 bits per heavy atom. The van der Waals surface area contributed by atoms with Gasteiger partial charge in [0.25, 0.3) is 0 Å². The van der Waals surface area contributed by atoms with Crippen LogP contribution in [-0.2, 0) is 22.6 Å². The number of aromatic nitrogens is 2. The quantitative estimate of drug-likeness (QED) is 0.522. The van der Waals surface area contributed by atoms with Crippen molar-refractivity contribution in [2.24, 2.45) is 11.3 Å². The van der Waals surface area contributed by atoms with Gasteiger partial charge in [-0.05, 0) is 48.4 Å². The fourth-order valence-corrected chi connectivity index (χ4v) is 5.57. The monoisotopic (exact) mass is 548 g/mol. The number of piperazine rings is 1. The van der Waals surface area contributed by atoms with E-state index in [1.807, 2.05) is 0 Å². The first-order valence-corrected chi connectivity index (χ1v) is 13.3. The van der Waals surface area contributed by atoms with Crippen molar-refractivity contribution in [2.45, 2.75) is 51.1 Å². The van der Waals surface area contributed by atoms with E-state index in [9.17, 15) is 18.4 Å². The van der Waals surface area contributed by atoms with Crippen LogP contribution < -0.4 is 10.6 Å². The number of hydrogen-bond donors (Lipinski definition) is 2. The molecular formula is C27H33ClF2N6O2. The molecule has 3 fully saturated rings. The molecule has 8 nitrogen and oxygen atoms in total. The molecule has 1 aromatic carbocycles. The van der Waals surface area contributed by atoms with Gasteiger partial charge < -0.3 is 15.5 Å². The second kappa shape index (κ2) is 11.1. The molecule has 1 unspecified atom stereocenters. The summed E-state index contributed by atoms with van der Waals surface area (Å²) >= 11 is 6.24. The Kier molecular flexibility index (Phi) is 7.07. The molecule has 204 valence electrons. The Hall–Kier alpha value is -2.85. The number of nitrogens with zero attached hydrogens (tertiary/aromatic N) is 4. The molecule has 1 saturated heterocycles. The largest absolute Gasteiger partial charge is 0.381 e. The molecule has 3 aliphatic rings. The predicted octanol–water partition coefficient (Wildman–Crippen LogP) is 3.72. The highest BCUT2D eigenvalue weighted by molar-refractivity contribution is 6.30. The van der Waals surface area contributed by atoms with Gasteiger partial charge in [0.1, 0.15) is 6.33 Å². The van der Waals surface area contributed by atoms with E-state index in [0.717, 1.165) is 5.56 Å². The van der Waals surface area contributed by atoms with Crippen LogP contribution in [0.4, 0.5) is 14.5 Å². The highest BCUT2D eigenvalue weighted by Crippen LogP contribution is 2.63. The van der Waals surface area contributed by atoms with Gasteiger partial charge in [-0.3, -0.25) is 14.5 Å². The van der Waals surface area contributed by atoms with Gasteiger partial charge in [-0.1, -0.05) is 11.6 Å². The van der Waals surface area contributed by atoms with Gasteiger partial charge in [0.15, 0.2) is 0 Å². The Morgan fingerprint density at radius 1 is 1.11 bits per heavy atom. The number of halogens is 3. The number of hydrogen-bond acceptors (Lipinski definition) is 6. The summed E-state index contributed by atoms with van der Waals surface area (Å²) in [4.78, 5) is 36.7. The first-order chi connectivity index (χ1) is 19.0. The topological polar surface area (TPSA) is 90.5 Å². The summed E-state index contributed by atoms with van der Waals surface area (Å²) in [7, 11) is 0. The lowest BCUT2D eigenvalue weighted by atomic mass is 9.82. The molecule has 2 aliphatic carbocycles. The first-order valence-electron chi connectivity index (χ1n) is 14.0. The summed E-state index contributed by atoms with van der Waals surface area (Å²) < 4.78 is 44.9. The highest BCUT2D eigenvalue weighted by atomic mass is 35.5. The summed E-state index contributed by atoms with van der Waals surface area (Å²) in [5, 5.41) is 6.37. The van der Waals surface area contributed by atoms with E-state index in [2.05, 4.69) is 20.6 Å². The van der Waals surface area contributed by atoms with Crippen molar-refractivity contribution in [1.29, 1.82) is 0 Å². The van der Waals surface area contributed by atoms with Crippen molar-refractivity contribution < 1.29 is 21.1 Å². The molecule has 0 radical (unpaired) electrons. The number of nitrogens with one attached hydrogen (secondary N) is 2. The van der Waals surface area contributed by atoms with Crippen molar-refractivity contribution >= 4 is 29.1 Å². The zero-order valence-corrected chi connectivity index (χ0v) is 21.8. The van der Waals surface area contributed by atoms with Crippen molar-refractivity contribution in [3.05, 3.63) is 53.1 Å². The molecule has 1 aromatic heterocycles. The number of alkyl halides is 2. The molecule has 1 atom stereocenters. The van der Waals surface area contributed by atoms with Crippen LogP contribution in [0.1, 0.15) is 46.0 Å². The summed E-state index contributed by atoms with van der Waals surface area (Å²) in [5.41, 5.74) is 1.51. The molecule has 2 amide bonds. The molecule has 2 saturated carbocycles. The fourth-order valence-electron chi connectivity index (χ4n) is 5.40. The lowest BCUT2D eigenvalue weighted by Crippen LogP contribution is -2.51. The van der Waals surface area contributed by atoms with E-state index in [1.54, 1.807) is 40.4 Å². The van der Waals surface area contributed by atoms with E-state index in [1.165, 1.54) is 6.33 Å². The lowest BCUT2D eigenvalue weighted by molar-refractivity contribution is -0.135. The van der Waals surface area contributed by atoms with Crippen LogP contribution in [0.25, 0.3) is 0 Å². The molecule has 1 aliphatic heterocycles. The van der Waals surface area contributed by atoms with E-state index >= 15 is 0 Å². The number of carbonyl (C=O) groups excluding carboxylic acids is 2. The standard InChI is InChI=1S/C27H33ClF2N6O2/c28-21-1-2-23(33-15-19-13-31-18-32-14-19)20(11-21)17-35-7-9-36(10-8-35)24(37)16-34-25(38)22-12-26(22)3-5-27(29,30)6-4-26/h1-2,11,13-14,18,22,33H,3-10,12,15-17H2,(H,34,38)/i17D2. The van der Waals surface area contributed by atoms with Gasteiger partial charge in [-0.2, -0.15) is 0 Å². The summed E-state index contributed by atoms with van der Waals surface area (Å²) in [6.45, 7) is -0.395. The van der Waals surface area contributed by atoms with Gasteiger partial charge in [-0.25, -0.2) is 18.7 Å². The zero-order valence-electron chi connectivity index (χ0n) is 23.1. The molecular weight excluding hydrogens is 514 g/mol. The minimum absolute atomic E-state index is 0.153. The van der Waals surface area contributed by atoms with Gasteiger partial charge in [0.05, 0.1) is 6.54 Å². The number of rotatable bonds is 8. The second-order valence-electron chi connectivity index (χ2n) is 10.5. The van der Waals surface area contributed by atoms with Crippen molar-refractivity contribution in [3.63, 3.8) is 0 Å². The second-order valence-corrected chi connectivity index (χ2v) is 10.9. The SMILES string of the molecule is [2H]C([2H])(c1cc(Cl)ccc1NCc1cncnc1)N1CCN(C(=O)CNC(=O)C2CC23CCC(F)(F)CC3)CC1. The third-order valence-electron chi connectivity index (χ3n) is 7.89. The number of benzene rings is 1. The Labute approximate surface area is 229 Å². The van der Waals surface area contributed by atoms with E-state index in [-0.39, 0.29) is 42.5 Å². The molecule has 0 bridgehead atoms. The van der Waals surface area contributed by atoms with Crippen molar-refractivity contribution in [1.82, 2.24) is 25.1 Å². The van der Waals surface area contributed by atoms with Crippen molar-refractivity contribution in [3.8, 4) is 0 Å². The molecule has 38 heavy (non-hydrogen) atoms. The Balaban J connectivity index is 1.13. The first kappa shape index (κ1) is 24.2. The maximum absolute atomic E-state index is 13.5. The summed E-state index contributed by atoms with van der Waals surface area (Å²) in [6, 6.07) is 5.05. The normalized spacial score (nSPS) is 23.3. The summed E-state index contributed by atoms with van der Waals surface area (Å²) in [6.07, 6.45) is 5.76. The van der Waals surface area contributed by atoms with Crippen LogP contribution in [0.3, 0.4) is 0 Å². The number of carbonyl (C=O) groups is 2. The average molecular weight is 549 g/mol. The maximum atomic E-state index is 13.5. The fraction of sp³-hybridized carbons (Fsp3) is 0.556. The molecule has 2 aromatic rings. The molecule has 11 heteroatoms. The van der Waals surface area contributed by atoms with Crippen LogP contribution in [0.2, 0.25) is 5.02 Å². The van der Waals surface area contributed by atoms with E-state index in [4.69, 9.17) is 14.3 Å². The maximum Gasteiger partial charge on any atom is 0.248 e. The summed E-state index contributed by atoms with van der Waals surface area (Å²) in [5.74, 6) is -3.41. The highest BCUT2D eigenvalue weighted by Gasteiger charge is 2.60. The average Bonchev–Trinajstić information content (AvgIpc) is 3.67. The number of amides is 2. The van der Waals surface area contributed by atoms with Gasteiger partial charge in [0, 0.05) is 89.4 Å². The third kappa shape index (κ3) is 6.40. The van der Waals surface area contributed by atoms with Gasteiger partial charge in [-0.15, -0.1) is 0 Å². The van der Waals surface area contributed by atoms with Crippen LogP contribution in [0, 0.1) is 11.3 Å². The zero-order chi connectivity index (χ0) is 28.5. The Bertz CT molecular complexity index is 1240. The van der Waals surface area contributed by atoms with Gasteiger partial charge in [0.2, 0.25) is 17.7 Å². The smallest absolute Gasteiger partial charge is 0.248 e. The lowest BCUT2D eigenvalue weighted by Gasteiger charge is -2.35. The van der Waals surface area contributed by atoms with E-state index in [0.29, 0.717) is 68.3 Å². The third-order valence-corrected chi connectivity index (χ3v) is 8.12. The molecule has 1 spiro atoms. The van der Waals surface area contributed by atoms with Crippen LogP contribution in [0.5, 0.6) is 0 Å². The molecule has 2 N–H and O–H groups in total. The minimum Gasteiger partial charge on any atom is -0.381 e. The van der Waals surface area contributed by atoms with Crippen molar-refractivity contribution in [2.75, 3.05) is 38.0 Å². The minimum atomic E-state index is -2.63. The van der Waals surface area contributed by atoms with Crippen LogP contribution in [0.15, 0.2) is 36.9 Å². The Morgan fingerprint density at radius 3 is 2.53 bits per heavy atom. The van der Waals surface area contributed by atoms with E-state index < -0.39 is 12.4 Å². The number of anilines is 1. The van der Waals surface area contributed by atoms with Gasteiger partial charge >= 0.3 is 0 Å². The molecule has 5 rings (SSSR count). The predicted molar refractivity (Wildman–Crippen MR) is 140 cm³/mol. The van der Waals surface area contributed by atoms with Crippen LogP contribution in [-0.4, -0.2) is 70.2 Å². The molecule has 2 heterocycles. The van der Waals surface area contributed by atoms with Crippen LogP contribution >= 0.6 is 11.6 Å².